The molecule has 2 N–H and O–H groups in total. The van der Waals surface area contributed by atoms with Crippen LogP contribution in [0.1, 0.15) is 11.6 Å². The van der Waals surface area contributed by atoms with Gasteiger partial charge in [-0.2, -0.15) is 0 Å². The van der Waals surface area contributed by atoms with Gasteiger partial charge in [0.15, 0.2) is 0 Å². The third-order valence-corrected chi connectivity index (χ3v) is 4.34. The Labute approximate surface area is 152 Å². The monoisotopic (exact) mass is 354 g/mol. The Balaban J connectivity index is 1.74. The number of imide groups is 1. The average molecular weight is 354 g/mol. The van der Waals surface area contributed by atoms with Crippen molar-refractivity contribution in [1.29, 1.82) is 0 Å². The Hall–Kier alpha value is -3.00. The lowest BCUT2D eigenvalue weighted by Gasteiger charge is -2.38. The van der Waals surface area contributed by atoms with Gasteiger partial charge in [-0.25, -0.2) is 14.8 Å². The van der Waals surface area contributed by atoms with Crippen LogP contribution in [0, 0.1) is 0 Å². The van der Waals surface area contributed by atoms with Crippen LogP contribution in [0.4, 0.5) is 10.7 Å². The molecule has 0 saturated carbocycles. The molecule has 2 heterocycles. The summed E-state index contributed by atoms with van der Waals surface area (Å²) in [6.07, 6.45) is 3.44. The molecule has 0 bridgehead atoms. The molecule has 1 aromatic carbocycles. The fourth-order valence-corrected chi connectivity index (χ4v) is 3.04. The number of hydrogen-bond acceptors (Lipinski definition) is 6. The van der Waals surface area contributed by atoms with E-state index >= 15 is 0 Å². The number of anilines is 1. The molecule has 1 aliphatic heterocycles. The molecule has 26 heavy (non-hydrogen) atoms. The van der Waals surface area contributed by atoms with Crippen molar-refractivity contribution in [2.75, 3.05) is 38.1 Å². The lowest BCUT2D eigenvalue weighted by molar-refractivity contribution is -0.125. The summed E-state index contributed by atoms with van der Waals surface area (Å²) in [4.78, 5) is 37.0. The summed E-state index contributed by atoms with van der Waals surface area (Å²) in [5.74, 6) is 0.359. The van der Waals surface area contributed by atoms with Crippen LogP contribution >= 0.6 is 0 Å². The molecule has 0 radical (unpaired) electrons. The lowest BCUT2D eigenvalue weighted by atomic mass is 10.0. The molecule has 8 heteroatoms. The highest BCUT2D eigenvalue weighted by atomic mass is 16.2. The third kappa shape index (κ3) is 4.15. The number of nitrogens with one attached hydrogen (secondary N) is 2. The van der Waals surface area contributed by atoms with E-state index in [2.05, 4.69) is 30.4 Å². The van der Waals surface area contributed by atoms with Crippen molar-refractivity contribution >= 4 is 17.9 Å². The number of hydrogen-bond donors (Lipinski definition) is 2. The lowest BCUT2D eigenvalue weighted by Crippen LogP contribution is -2.52. The second-order valence-electron chi connectivity index (χ2n) is 5.95. The van der Waals surface area contributed by atoms with Gasteiger partial charge in [0, 0.05) is 45.6 Å². The largest absolute Gasteiger partial charge is 0.341 e. The Morgan fingerprint density at radius 2 is 1.65 bits per heavy atom. The Morgan fingerprint density at radius 1 is 1.00 bits per heavy atom. The van der Waals surface area contributed by atoms with E-state index in [1.54, 1.807) is 18.5 Å². The van der Waals surface area contributed by atoms with Gasteiger partial charge in [-0.1, -0.05) is 30.3 Å². The van der Waals surface area contributed by atoms with Crippen molar-refractivity contribution in [3.05, 3.63) is 54.4 Å². The zero-order valence-corrected chi connectivity index (χ0v) is 14.6. The summed E-state index contributed by atoms with van der Waals surface area (Å²) in [6.45, 7) is 2.75. The van der Waals surface area contributed by atoms with Gasteiger partial charge in [-0.3, -0.25) is 15.0 Å². The zero-order valence-electron chi connectivity index (χ0n) is 14.6. The van der Waals surface area contributed by atoms with Crippen LogP contribution in [0.5, 0.6) is 0 Å². The zero-order chi connectivity index (χ0) is 18.4. The summed E-state index contributed by atoms with van der Waals surface area (Å²) in [5.41, 5.74) is 0.860. The van der Waals surface area contributed by atoms with Crippen molar-refractivity contribution in [2.24, 2.45) is 0 Å². The third-order valence-electron chi connectivity index (χ3n) is 4.34. The molecule has 3 amide bonds. The summed E-state index contributed by atoms with van der Waals surface area (Å²) in [7, 11) is 1.48. The Morgan fingerprint density at radius 3 is 2.27 bits per heavy atom. The van der Waals surface area contributed by atoms with Crippen molar-refractivity contribution in [2.45, 2.75) is 6.04 Å². The quantitative estimate of drug-likeness (QED) is 0.844. The van der Waals surface area contributed by atoms with E-state index in [9.17, 15) is 9.59 Å². The minimum Gasteiger partial charge on any atom is -0.341 e. The normalized spacial score (nSPS) is 16.0. The van der Waals surface area contributed by atoms with Crippen molar-refractivity contribution < 1.29 is 9.59 Å². The molecule has 1 saturated heterocycles. The van der Waals surface area contributed by atoms with E-state index in [0.29, 0.717) is 32.1 Å². The van der Waals surface area contributed by atoms with Crippen LogP contribution in [0.3, 0.4) is 0 Å². The first-order valence-corrected chi connectivity index (χ1v) is 8.52. The van der Waals surface area contributed by atoms with Crippen LogP contribution < -0.4 is 15.5 Å². The fraction of sp³-hybridized carbons (Fsp3) is 0.333. The first kappa shape index (κ1) is 17.8. The molecule has 0 spiro atoms. The standard InChI is InChI=1S/C18H22N6O2/c1-19-18(26)22-16(25)15(14-6-3-2-4-7-14)23-10-12-24(13-11-23)17-20-8-5-9-21-17/h2-9,15H,10-13H2,1H3,(H2,19,22,25,26)/t15-/m1/s1. The highest BCUT2D eigenvalue weighted by Crippen LogP contribution is 2.23. The average Bonchev–Trinajstić information content (AvgIpc) is 2.70. The first-order valence-electron chi connectivity index (χ1n) is 8.52. The predicted molar refractivity (Wildman–Crippen MR) is 97.6 cm³/mol. The maximum Gasteiger partial charge on any atom is 0.321 e. The second-order valence-corrected chi connectivity index (χ2v) is 5.95. The number of carbonyl (C=O) groups excluding carboxylic acids is 2. The van der Waals surface area contributed by atoms with E-state index < -0.39 is 12.1 Å². The number of aromatic nitrogens is 2. The van der Waals surface area contributed by atoms with E-state index in [1.807, 2.05) is 30.3 Å². The molecule has 1 aromatic heterocycles. The van der Waals surface area contributed by atoms with Gasteiger partial charge in [-0.15, -0.1) is 0 Å². The minimum atomic E-state index is -0.521. The molecular formula is C18H22N6O2. The van der Waals surface area contributed by atoms with Crippen LogP contribution in [0.2, 0.25) is 0 Å². The number of urea groups is 1. The van der Waals surface area contributed by atoms with E-state index in [0.717, 1.165) is 5.56 Å². The highest BCUT2D eigenvalue weighted by molar-refractivity contribution is 5.97. The molecule has 1 aliphatic rings. The number of amides is 3. The molecule has 1 atom stereocenters. The summed E-state index contributed by atoms with van der Waals surface area (Å²) in [5, 5.41) is 4.82. The van der Waals surface area contributed by atoms with Gasteiger partial charge in [0.2, 0.25) is 11.9 Å². The molecular weight excluding hydrogens is 332 g/mol. The fourth-order valence-electron chi connectivity index (χ4n) is 3.04. The topological polar surface area (TPSA) is 90.5 Å². The van der Waals surface area contributed by atoms with Crippen LogP contribution in [-0.2, 0) is 4.79 Å². The summed E-state index contributed by atoms with van der Waals surface area (Å²) >= 11 is 0. The summed E-state index contributed by atoms with van der Waals surface area (Å²) in [6, 6.07) is 10.3. The van der Waals surface area contributed by atoms with Gasteiger partial charge < -0.3 is 10.2 Å². The first-order chi connectivity index (χ1) is 12.7. The SMILES string of the molecule is CNC(=O)NC(=O)[C@@H](c1ccccc1)N1CCN(c2ncccn2)CC1. The number of benzene rings is 1. The molecule has 1 fully saturated rings. The molecule has 0 aliphatic carbocycles. The maximum absolute atomic E-state index is 12.7. The number of nitrogens with zero attached hydrogens (tertiary/aromatic N) is 4. The molecule has 3 rings (SSSR count). The Bertz CT molecular complexity index is 732. The van der Waals surface area contributed by atoms with Crippen LogP contribution in [-0.4, -0.2) is 60.0 Å². The van der Waals surface area contributed by atoms with Crippen LogP contribution in [0.15, 0.2) is 48.8 Å². The van der Waals surface area contributed by atoms with Crippen molar-refractivity contribution in [1.82, 2.24) is 25.5 Å². The predicted octanol–water partition coefficient (Wildman–Crippen LogP) is 0.795. The number of carbonyl (C=O) groups is 2. The van der Waals surface area contributed by atoms with Gasteiger partial charge in [-0.05, 0) is 11.6 Å². The molecule has 0 unspecified atom stereocenters. The van der Waals surface area contributed by atoms with E-state index in [1.165, 1.54) is 7.05 Å². The number of piperazine rings is 1. The summed E-state index contributed by atoms with van der Waals surface area (Å²) < 4.78 is 0. The van der Waals surface area contributed by atoms with Gasteiger partial charge in [0.25, 0.3) is 0 Å². The van der Waals surface area contributed by atoms with E-state index in [4.69, 9.17) is 0 Å². The Kier molecular flexibility index (Phi) is 5.75. The second kappa shape index (κ2) is 8.39. The van der Waals surface area contributed by atoms with Crippen LogP contribution in [0.25, 0.3) is 0 Å². The molecule has 8 nitrogen and oxygen atoms in total. The number of rotatable bonds is 4. The van der Waals surface area contributed by atoms with Gasteiger partial charge in [0.1, 0.15) is 6.04 Å². The maximum atomic E-state index is 12.7. The van der Waals surface area contributed by atoms with E-state index in [-0.39, 0.29) is 5.91 Å². The van der Waals surface area contributed by atoms with Crippen molar-refractivity contribution in [3.8, 4) is 0 Å². The van der Waals surface area contributed by atoms with Crippen molar-refractivity contribution in [3.63, 3.8) is 0 Å². The minimum absolute atomic E-state index is 0.333. The highest BCUT2D eigenvalue weighted by Gasteiger charge is 2.31. The van der Waals surface area contributed by atoms with Gasteiger partial charge >= 0.3 is 6.03 Å². The molecule has 136 valence electrons. The molecule has 2 aromatic rings. The smallest absolute Gasteiger partial charge is 0.321 e. The van der Waals surface area contributed by atoms with Gasteiger partial charge in [0.05, 0.1) is 0 Å².